The number of amides is 1. The Labute approximate surface area is 164 Å². The van der Waals surface area contributed by atoms with Crippen molar-refractivity contribution >= 4 is 29.1 Å². The van der Waals surface area contributed by atoms with Gasteiger partial charge in [-0.25, -0.2) is 0 Å². The van der Waals surface area contributed by atoms with Gasteiger partial charge < -0.3 is 14.4 Å². The van der Waals surface area contributed by atoms with Crippen LogP contribution >= 0.6 is 23.2 Å². The third-order valence-corrected chi connectivity index (χ3v) is 5.28. The quantitative estimate of drug-likeness (QED) is 0.727. The fourth-order valence-electron chi connectivity index (χ4n) is 3.15. The second kappa shape index (κ2) is 9.76. The molecule has 0 bridgehead atoms. The van der Waals surface area contributed by atoms with Gasteiger partial charge in [0, 0.05) is 50.8 Å². The summed E-state index contributed by atoms with van der Waals surface area (Å²) in [6, 6.07) is 5.25. The lowest BCUT2D eigenvalue weighted by Crippen LogP contribution is -2.52. The van der Waals surface area contributed by atoms with Gasteiger partial charge in [-0.2, -0.15) is 0 Å². The van der Waals surface area contributed by atoms with Gasteiger partial charge in [-0.1, -0.05) is 23.2 Å². The Bertz CT molecular complexity index is 603. The molecule has 0 atom stereocenters. The van der Waals surface area contributed by atoms with E-state index in [1.165, 1.54) is 0 Å². The van der Waals surface area contributed by atoms with E-state index < -0.39 is 0 Å². The number of ether oxygens (including phenoxy) is 2. The zero-order valence-corrected chi connectivity index (χ0v) is 16.3. The van der Waals surface area contributed by atoms with Crippen molar-refractivity contribution < 1.29 is 14.3 Å². The monoisotopic (exact) mass is 401 g/mol. The number of carbonyl (C=O) groups is 1. The summed E-state index contributed by atoms with van der Waals surface area (Å²) >= 11 is 12.0. The maximum absolute atomic E-state index is 12.3. The van der Waals surface area contributed by atoms with Gasteiger partial charge in [-0.15, -0.1) is 0 Å². The molecule has 2 aliphatic heterocycles. The predicted octanol–water partition coefficient (Wildman–Crippen LogP) is 1.85. The molecule has 8 heteroatoms. The highest BCUT2D eigenvalue weighted by atomic mass is 35.5. The van der Waals surface area contributed by atoms with Gasteiger partial charge in [0.2, 0.25) is 5.91 Å². The molecule has 3 rings (SSSR count). The molecule has 144 valence electrons. The maximum Gasteiger partial charge on any atom is 0.236 e. The molecule has 2 fully saturated rings. The van der Waals surface area contributed by atoms with Crippen molar-refractivity contribution in [3.05, 3.63) is 28.2 Å². The van der Waals surface area contributed by atoms with Crippen LogP contribution in [0.15, 0.2) is 18.2 Å². The van der Waals surface area contributed by atoms with E-state index in [4.69, 9.17) is 32.7 Å². The minimum Gasteiger partial charge on any atom is -0.491 e. The molecule has 0 aromatic heterocycles. The molecular formula is C18H25Cl2N3O3. The largest absolute Gasteiger partial charge is 0.491 e. The molecule has 0 radical (unpaired) electrons. The summed E-state index contributed by atoms with van der Waals surface area (Å²) in [6.45, 7) is 8.32. The molecular weight excluding hydrogens is 377 g/mol. The molecule has 1 aromatic rings. The smallest absolute Gasteiger partial charge is 0.236 e. The van der Waals surface area contributed by atoms with E-state index >= 15 is 0 Å². The summed E-state index contributed by atoms with van der Waals surface area (Å²) < 4.78 is 11.0. The zero-order valence-electron chi connectivity index (χ0n) is 14.8. The lowest BCUT2D eigenvalue weighted by molar-refractivity contribution is -0.136. The lowest BCUT2D eigenvalue weighted by atomic mass is 10.3. The van der Waals surface area contributed by atoms with E-state index in [1.807, 2.05) is 4.90 Å². The Kier molecular flexibility index (Phi) is 7.40. The van der Waals surface area contributed by atoms with Crippen molar-refractivity contribution in [2.24, 2.45) is 0 Å². The van der Waals surface area contributed by atoms with Gasteiger partial charge in [0.25, 0.3) is 0 Å². The number of hydrogen-bond donors (Lipinski definition) is 0. The standard InChI is InChI=1S/C18H25Cl2N3O3/c19-15-1-2-17(16(20)13-15)26-12-7-21-3-5-22(6-4-21)14-18(24)23-8-10-25-11-9-23/h1-2,13H,3-12,14H2. The van der Waals surface area contributed by atoms with E-state index in [1.54, 1.807) is 18.2 Å². The molecule has 1 amide bonds. The van der Waals surface area contributed by atoms with Gasteiger partial charge in [-0.3, -0.25) is 14.6 Å². The second-order valence-corrected chi connectivity index (χ2v) is 7.38. The number of benzene rings is 1. The third-order valence-electron chi connectivity index (χ3n) is 4.75. The third kappa shape index (κ3) is 5.72. The van der Waals surface area contributed by atoms with E-state index in [-0.39, 0.29) is 5.91 Å². The zero-order chi connectivity index (χ0) is 18.4. The molecule has 2 heterocycles. The number of morpholine rings is 1. The topological polar surface area (TPSA) is 45.2 Å². The fourth-order valence-corrected chi connectivity index (χ4v) is 3.62. The first kappa shape index (κ1) is 19.7. The summed E-state index contributed by atoms with van der Waals surface area (Å²) in [5.41, 5.74) is 0. The highest BCUT2D eigenvalue weighted by molar-refractivity contribution is 6.35. The van der Waals surface area contributed by atoms with Crippen LogP contribution in [0.25, 0.3) is 0 Å². The average molecular weight is 402 g/mol. The van der Waals surface area contributed by atoms with Crippen LogP contribution in [0.4, 0.5) is 0 Å². The molecule has 2 saturated heterocycles. The minimum atomic E-state index is 0.211. The Balaban J connectivity index is 1.34. The molecule has 26 heavy (non-hydrogen) atoms. The van der Waals surface area contributed by atoms with Crippen LogP contribution in [0.2, 0.25) is 10.0 Å². The number of piperazine rings is 1. The number of hydrogen-bond acceptors (Lipinski definition) is 5. The first-order chi connectivity index (χ1) is 12.6. The van der Waals surface area contributed by atoms with Crippen molar-refractivity contribution in [2.45, 2.75) is 0 Å². The van der Waals surface area contributed by atoms with Gasteiger partial charge >= 0.3 is 0 Å². The fraction of sp³-hybridized carbons (Fsp3) is 0.611. The van der Waals surface area contributed by atoms with E-state index in [0.29, 0.717) is 55.2 Å². The molecule has 0 unspecified atom stereocenters. The van der Waals surface area contributed by atoms with Crippen LogP contribution in [0.1, 0.15) is 0 Å². The Morgan fingerprint density at radius 3 is 2.42 bits per heavy atom. The molecule has 2 aliphatic rings. The molecule has 1 aromatic carbocycles. The first-order valence-corrected chi connectivity index (χ1v) is 9.75. The van der Waals surface area contributed by atoms with Crippen molar-refractivity contribution in [1.82, 2.24) is 14.7 Å². The highest BCUT2D eigenvalue weighted by Gasteiger charge is 2.22. The summed E-state index contributed by atoms with van der Waals surface area (Å²) in [6.07, 6.45) is 0. The van der Waals surface area contributed by atoms with Gasteiger partial charge in [-0.05, 0) is 18.2 Å². The van der Waals surface area contributed by atoms with Gasteiger partial charge in [0.15, 0.2) is 0 Å². The highest BCUT2D eigenvalue weighted by Crippen LogP contribution is 2.27. The summed E-state index contributed by atoms with van der Waals surface area (Å²) in [5.74, 6) is 0.869. The maximum atomic E-state index is 12.3. The summed E-state index contributed by atoms with van der Waals surface area (Å²) in [5, 5.41) is 1.13. The molecule has 0 aliphatic carbocycles. The second-order valence-electron chi connectivity index (χ2n) is 6.53. The van der Waals surface area contributed by atoms with Crippen LogP contribution < -0.4 is 4.74 Å². The van der Waals surface area contributed by atoms with E-state index in [0.717, 1.165) is 32.7 Å². The van der Waals surface area contributed by atoms with Crippen LogP contribution in [-0.4, -0.2) is 92.8 Å². The van der Waals surface area contributed by atoms with Gasteiger partial charge in [0.1, 0.15) is 12.4 Å². The predicted molar refractivity (Wildman–Crippen MR) is 102 cm³/mol. The van der Waals surface area contributed by atoms with E-state index in [2.05, 4.69) is 9.80 Å². The van der Waals surface area contributed by atoms with E-state index in [9.17, 15) is 4.79 Å². The number of carbonyl (C=O) groups excluding carboxylic acids is 1. The Morgan fingerprint density at radius 1 is 1.04 bits per heavy atom. The molecule has 0 N–H and O–H groups in total. The van der Waals surface area contributed by atoms with Crippen molar-refractivity contribution in [1.29, 1.82) is 0 Å². The van der Waals surface area contributed by atoms with Crippen LogP contribution in [0.5, 0.6) is 5.75 Å². The van der Waals surface area contributed by atoms with Crippen LogP contribution in [-0.2, 0) is 9.53 Å². The number of nitrogens with zero attached hydrogens (tertiary/aromatic N) is 3. The van der Waals surface area contributed by atoms with Crippen molar-refractivity contribution in [3.8, 4) is 5.75 Å². The van der Waals surface area contributed by atoms with Crippen molar-refractivity contribution in [3.63, 3.8) is 0 Å². The summed E-state index contributed by atoms with van der Waals surface area (Å²) in [7, 11) is 0. The molecule has 6 nitrogen and oxygen atoms in total. The van der Waals surface area contributed by atoms with Crippen LogP contribution in [0, 0.1) is 0 Å². The molecule has 0 spiro atoms. The Hall–Kier alpha value is -1.05. The SMILES string of the molecule is O=C(CN1CCN(CCOc2ccc(Cl)cc2Cl)CC1)N1CCOCC1. The minimum absolute atomic E-state index is 0.211. The molecule has 0 saturated carbocycles. The number of halogens is 2. The first-order valence-electron chi connectivity index (χ1n) is 9.00. The average Bonchev–Trinajstić information content (AvgIpc) is 2.65. The van der Waals surface area contributed by atoms with Gasteiger partial charge in [0.05, 0.1) is 24.8 Å². The number of rotatable bonds is 6. The van der Waals surface area contributed by atoms with Crippen molar-refractivity contribution in [2.75, 3.05) is 72.2 Å². The summed E-state index contributed by atoms with van der Waals surface area (Å²) in [4.78, 5) is 18.8. The van der Waals surface area contributed by atoms with Crippen LogP contribution in [0.3, 0.4) is 0 Å². The lowest BCUT2D eigenvalue weighted by Gasteiger charge is -2.35. The Morgan fingerprint density at radius 2 is 1.73 bits per heavy atom. The normalized spacial score (nSPS) is 19.5.